The van der Waals surface area contributed by atoms with Crippen LogP contribution in [0.5, 0.6) is 0 Å². The van der Waals surface area contributed by atoms with Crippen LogP contribution in [0.15, 0.2) is 78.9 Å². The molecule has 0 aliphatic carbocycles. The SMILES string of the molecule is O=C(C(Nc1ccccc1)c1ccc(Cl)cc1)N1CCCC1c1ccccc1Cl. The monoisotopic (exact) mass is 424 g/mol. The molecule has 1 saturated heterocycles. The second kappa shape index (κ2) is 8.89. The third-order valence-corrected chi connectivity index (χ3v) is 5.93. The third-order valence-electron chi connectivity index (χ3n) is 5.34. The maximum absolute atomic E-state index is 13.7. The molecule has 1 amide bonds. The van der Waals surface area contributed by atoms with Gasteiger partial charge in [-0.05, 0) is 54.3 Å². The number of carbonyl (C=O) groups excluding carboxylic acids is 1. The number of halogens is 2. The average molecular weight is 425 g/mol. The van der Waals surface area contributed by atoms with Gasteiger partial charge in [-0.2, -0.15) is 0 Å². The third kappa shape index (κ3) is 4.42. The van der Waals surface area contributed by atoms with E-state index in [4.69, 9.17) is 23.2 Å². The molecule has 2 unspecified atom stereocenters. The topological polar surface area (TPSA) is 32.3 Å². The summed E-state index contributed by atoms with van der Waals surface area (Å²) in [5.41, 5.74) is 2.79. The van der Waals surface area contributed by atoms with E-state index < -0.39 is 6.04 Å². The second-order valence-corrected chi connectivity index (χ2v) is 8.05. The van der Waals surface area contributed by atoms with E-state index in [1.165, 1.54) is 0 Å². The van der Waals surface area contributed by atoms with Crippen molar-refractivity contribution in [2.75, 3.05) is 11.9 Å². The van der Waals surface area contributed by atoms with Crippen molar-refractivity contribution in [2.24, 2.45) is 0 Å². The zero-order chi connectivity index (χ0) is 20.2. The van der Waals surface area contributed by atoms with E-state index in [1.54, 1.807) is 0 Å². The fourth-order valence-electron chi connectivity index (χ4n) is 3.91. The van der Waals surface area contributed by atoms with Crippen LogP contribution in [-0.4, -0.2) is 17.4 Å². The van der Waals surface area contributed by atoms with Crippen molar-refractivity contribution in [3.8, 4) is 0 Å². The summed E-state index contributed by atoms with van der Waals surface area (Å²) in [6, 6.07) is 24.5. The highest BCUT2D eigenvalue weighted by Crippen LogP contribution is 2.38. The normalized spacial score (nSPS) is 17.2. The smallest absolute Gasteiger partial charge is 0.250 e. The average Bonchev–Trinajstić information content (AvgIpc) is 3.23. The molecular formula is C24H22Cl2N2O. The Balaban J connectivity index is 1.67. The molecule has 0 radical (unpaired) electrons. The molecule has 1 aliphatic heterocycles. The van der Waals surface area contributed by atoms with Crippen molar-refractivity contribution in [1.29, 1.82) is 0 Å². The van der Waals surface area contributed by atoms with Crippen molar-refractivity contribution in [3.63, 3.8) is 0 Å². The van der Waals surface area contributed by atoms with Crippen molar-refractivity contribution >= 4 is 34.8 Å². The molecule has 3 aromatic carbocycles. The summed E-state index contributed by atoms with van der Waals surface area (Å²) in [7, 11) is 0. The molecule has 3 nitrogen and oxygen atoms in total. The Morgan fingerprint density at radius 2 is 1.62 bits per heavy atom. The Bertz CT molecular complexity index is 976. The van der Waals surface area contributed by atoms with Gasteiger partial charge in [0.15, 0.2) is 0 Å². The first-order valence-electron chi connectivity index (χ1n) is 9.75. The molecule has 1 N–H and O–H groups in total. The largest absolute Gasteiger partial charge is 0.370 e. The predicted molar refractivity (Wildman–Crippen MR) is 119 cm³/mol. The van der Waals surface area contributed by atoms with Crippen LogP contribution in [0.25, 0.3) is 0 Å². The van der Waals surface area contributed by atoms with Crippen LogP contribution in [0.1, 0.15) is 36.1 Å². The Morgan fingerprint density at radius 1 is 0.931 bits per heavy atom. The minimum atomic E-state index is -0.502. The summed E-state index contributed by atoms with van der Waals surface area (Å²) in [6.07, 6.45) is 1.87. The van der Waals surface area contributed by atoms with E-state index in [2.05, 4.69) is 5.32 Å². The molecule has 0 spiro atoms. The second-order valence-electron chi connectivity index (χ2n) is 7.21. The van der Waals surface area contributed by atoms with Gasteiger partial charge in [0.2, 0.25) is 5.91 Å². The number of carbonyl (C=O) groups is 1. The quantitative estimate of drug-likeness (QED) is 0.505. The zero-order valence-corrected chi connectivity index (χ0v) is 17.4. The van der Waals surface area contributed by atoms with Crippen LogP contribution in [-0.2, 0) is 4.79 Å². The molecule has 0 saturated carbocycles. The van der Waals surface area contributed by atoms with Crippen molar-refractivity contribution in [2.45, 2.75) is 24.9 Å². The van der Waals surface area contributed by atoms with E-state index in [-0.39, 0.29) is 11.9 Å². The molecular weight excluding hydrogens is 403 g/mol. The fourth-order valence-corrected chi connectivity index (χ4v) is 4.30. The van der Waals surface area contributed by atoms with Crippen LogP contribution in [0.3, 0.4) is 0 Å². The van der Waals surface area contributed by atoms with E-state index in [0.717, 1.165) is 36.2 Å². The number of amides is 1. The molecule has 2 atom stereocenters. The van der Waals surface area contributed by atoms with Crippen LogP contribution < -0.4 is 5.32 Å². The minimum Gasteiger partial charge on any atom is -0.370 e. The van der Waals surface area contributed by atoms with Gasteiger partial charge in [-0.15, -0.1) is 0 Å². The first kappa shape index (κ1) is 19.8. The van der Waals surface area contributed by atoms with Gasteiger partial charge in [0, 0.05) is 22.3 Å². The van der Waals surface area contributed by atoms with E-state index in [1.807, 2.05) is 83.8 Å². The fraction of sp³-hybridized carbons (Fsp3) is 0.208. The predicted octanol–water partition coefficient (Wildman–Crippen LogP) is 6.51. The van der Waals surface area contributed by atoms with Crippen LogP contribution in [0.2, 0.25) is 10.0 Å². The Morgan fingerprint density at radius 3 is 2.34 bits per heavy atom. The first-order valence-corrected chi connectivity index (χ1v) is 10.5. The molecule has 148 valence electrons. The number of likely N-dealkylation sites (tertiary alicyclic amines) is 1. The number of benzene rings is 3. The zero-order valence-electron chi connectivity index (χ0n) is 15.9. The van der Waals surface area contributed by atoms with Gasteiger partial charge in [-0.25, -0.2) is 0 Å². The number of hydrogen-bond acceptors (Lipinski definition) is 2. The van der Waals surface area contributed by atoms with E-state index in [0.29, 0.717) is 10.0 Å². The molecule has 0 bridgehead atoms. The lowest BCUT2D eigenvalue weighted by Crippen LogP contribution is -2.37. The van der Waals surface area contributed by atoms with Gasteiger partial charge in [0.1, 0.15) is 6.04 Å². The Kier molecular flexibility index (Phi) is 6.08. The molecule has 1 heterocycles. The van der Waals surface area contributed by atoms with Gasteiger partial charge < -0.3 is 10.2 Å². The van der Waals surface area contributed by atoms with Crippen molar-refractivity contribution in [1.82, 2.24) is 4.90 Å². The standard InChI is InChI=1S/C24H22Cl2N2O/c25-18-14-12-17(13-15-18)23(27-19-7-2-1-3-8-19)24(29)28-16-6-11-22(28)20-9-4-5-10-21(20)26/h1-5,7-10,12-15,22-23,27H,6,11,16H2. The van der Waals surface area contributed by atoms with Crippen LogP contribution in [0, 0.1) is 0 Å². The summed E-state index contributed by atoms with van der Waals surface area (Å²) in [5, 5.41) is 4.76. The molecule has 29 heavy (non-hydrogen) atoms. The summed E-state index contributed by atoms with van der Waals surface area (Å²) in [6.45, 7) is 0.718. The van der Waals surface area contributed by atoms with Crippen molar-refractivity contribution < 1.29 is 4.79 Å². The highest BCUT2D eigenvalue weighted by Gasteiger charge is 2.35. The van der Waals surface area contributed by atoms with Gasteiger partial charge >= 0.3 is 0 Å². The number of para-hydroxylation sites is 1. The first-order chi connectivity index (χ1) is 14.1. The molecule has 5 heteroatoms. The highest BCUT2D eigenvalue weighted by molar-refractivity contribution is 6.31. The summed E-state index contributed by atoms with van der Waals surface area (Å²) >= 11 is 12.5. The lowest BCUT2D eigenvalue weighted by Gasteiger charge is -2.30. The lowest BCUT2D eigenvalue weighted by atomic mass is 10.0. The number of rotatable bonds is 5. The molecule has 0 aromatic heterocycles. The van der Waals surface area contributed by atoms with Gasteiger partial charge in [-0.3, -0.25) is 4.79 Å². The molecule has 1 aliphatic rings. The number of nitrogens with zero attached hydrogens (tertiary/aromatic N) is 1. The Labute approximate surface area is 181 Å². The maximum atomic E-state index is 13.7. The van der Waals surface area contributed by atoms with Crippen LogP contribution in [0.4, 0.5) is 5.69 Å². The molecule has 4 rings (SSSR count). The van der Waals surface area contributed by atoms with E-state index >= 15 is 0 Å². The van der Waals surface area contributed by atoms with Gasteiger partial charge in [0.25, 0.3) is 0 Å². The van der Waals surface area contributed by atoms with Gasteiger partial charge in [-0.1, -0.05) is 71.7 Å². The van der Waals surface area contributed by atoms with E-state index in [9.17, 15) is 4.79 Å². The Hall–Kier alpha value is -2.49. The number of nitrogens with one attached hydrogen (secondary N) is 1. The lowest BCUT2D eigenvalue weighted by molar-refractivity contribution is -0.133. The van der Waals surface area contributed by atoms with Crippen molar-refractivity contribution in [3.05, 3.63) is 100 Å². The van der Waals surface area contributed by atoms with Gasteiger partial charge in [0.05, 0.1) is 6.04 Å². The molecule has 1 fully saturated rings. The minimum absolute atomic E-state index is 0.0106. The van der Waals surface area contributed by atoms with Crippen LogP contribution >= 0.6 is 23.2 Å². The summed E-state index contributed by atoms with van der Waals surface area (Å²) in [4.78, 5) is 15.7. The maximum Gasteiger partial charge on any atom is 0.250 e. The number of anilines is 1. The number of hydrogen-bond donors (Lipinski definition) is 1. The summed E-state index contributed by atoms with van der Waals surface area (Å²) in [5.74, 6) is 0.0404. The summed E-state index contributed by atoms with van der Waals surface area (Å²) < 4.78 is 0. The molecule has 3 aromatic rings. The highest BCUT2D eigenvalue weighted by atomic mass is 35.5.